The van der Waals surface area contributed by atoms with Crippen molar-refractivity contribution in [2.24, 2.45) is 0 Å². The fourth-order valence-electron chi connectivity index (χ4n) is 2.75. The Morgan fingerprint density at radius 2 is 1.89 bits per heavy atom. The Labute approximate surface area is 160 Å². The Bertz CT molecular complexity index is 1090. The number of nitrogens with zero attached hydrogens (tertiary/aromatic N) is 4. The van der Waals surface area contributed by atoms with Gasteiger partial charge in [-0.25, -0.2) is 4.68 Å². The summed E-state index contributed by atoms with van der Waals surface area (Å²) in [6.45, 7) is 4.11. The molecule has 4 aromatic rings. The van der Waals surface area contributed by atoms with Crippen LogP contribution in [-0.4, -0.2) is 25.9 Å². The molecule has 0 radical (unpaired) electrons. The van der Waals surface area contributed by atoms with Crippen molar-refractivity contribution in [3.63, 3.8) is 0 Å². The van der Waals surface area contributed by atoms with Crippen LogP contribution in [0.4, 0.5) is 5.13 Å². The monoisotopic (exact) mass is 375 g/mol. The predicted octanol–water partition coefficient (Wildman–Crippen LogP) is 4.26. The molecule has 0 saturated carbocycles. The molecule has 0 spiro atoms. The third-order valence-electron chi connectivity index (χ3n) is 4.34. The Morgan fingerprint density at radius 1 is 1.07 bits per heavy atom. The number of carbonyl (C=O) groups is 1. The zero-order chi connectivity index (χ0) is 18.8. The number of para-hydroxylation sites is 1. The fourth-order valence-corrected chi connectivity index (χ4v) is 3.19. The van der Waals surface area contributed by atoms with Crippen molar-refractivity contribution in [2.45, 2.75) is 13.8 Å². The van der Waals surface area contributed by atoms with Crippen molar-refractivity contribution in [3.8, 4) is 16.9 Å². The van der Waals surface area contributed by atoms with Crippen molar-refractivity contribution in [1.82, 2.24) is 20.0 Å². The number of aromatic nitrogens is 4. The van der Waals surface area contributed by atoms with Gasteiger partial charge in [0.25, 0.3) is 5.91 Å². The molecule has 0 atom stereocenters. The number of amides is 1. The number of hydrogen-bond donors (Lipinski definition) is 1. The maximum Gasteiger partial charge on any atom is 0.261 e. The van der Waals surface area contributed by atoms with Crippen LogP contribution in [0.2, 0.25) is 0 Å². The number of aryl methyl sites for hydroxylation is 2. The van der Waals surface area contributed by atoms with Crippen LogP contribution < -0.4 is 5.32 Å². The lowest BCUT2D eigenvalue weighted by Gasteiger charge is -2.05. The van der Waals surface area contributed by atoms with E-state index in [9.17, 15) is 4.79 Å². The lowest BCUT2D eigenvalue weighted by atomic mass is 10.0. The van der Waals surface area contributed by atoms with Crippen molar-refractivity contribution in [2.75, 3.05) is 5.32 Å². The topological polar surface area (TPSA) is 72.7 Å². The molecule has 0 fully saturated rings. The second-order valence-electron chi connectivity index (χ2n) is 6.17. The van der Waals surface area contributed by atoms with Gasteiger partial charge in [-0.15, -0.1) is 10.2 Å². The standard InChI is InChI=1S/C20H17N5OS/c1-13-8-9-15(10-14(13)2)18-17(19(26)22-20-23-21-12-27-20)11-25(24-18)16-6-4-3-5-7-16/h3-12H,1-2H3,(H,22,23,26). The summed E-state index contributed by atoms with van der Waals surface area (Å²) in [5, 5.41) is 15.6. The van der Waals surface area contributed by atoms with E-state index in [2.05, 4.69) is 28.5 Å². The first-order valence-electron chi connectivity index (χ1n) is 8.42. The zero-order valence-corrected chi connectivity index (χ0v) is 15.7. The molecular weight excluding hydrogens is 358 g/mol. The quantitative estimate of drug-likeness (QED) is 0.578. The highest BCUT2D eigenvalue weighted by atomic mass is 32.1. The molecule has 134 valence electrons. The fraction of sp³-hybridized carbons (Fsp3) is 0.100. The SMILES string of the molecule is Cc1ccc(-c2nn(-c3ccccc3)cc2C(=O)Nc2nncs2)cc1C. The first-order chi connectivity index (χ1) is 13.1. The van der Waals surface area contributed by atoms with E-state index in [4.69, 9.17) is 5.10 Å². The van der Waals surface area contributed by atoms with Gasteiger partial charge in [0.15, 0.2) is 0 Å². The minimum atomic E-state index is -0.262. The molecule has 2 heterocycles. The van der Waals surface area contributed by atoms with Crippen LogP contribution in [0.15, 0.2) is 60.2 Å². The zero-order valence-electron chi connectivity index (χ0n) is 14.9. The van der Waals surface area contributed by atoms with E-state index in [0.29, 0.717) is 16.4 Å². The molecular formula is C20H17N5OS. The van der Waals surface area contributed by atoms with E-state index in [1.54, 1.807) is 16.4 Å². The van der Waals surface area contributed by atoms with E-state index in [1.165, 1.54) is 16.9 Å². The number of benzene rings is 2. The maximum atomic E-state index is 12.9. The minimum Gasteiger partial charge on any atom is -0.296 e. The summed E-state index contributed by atoms with van der Waals surface area (Å²) in [7, 11) is 0. The van der Waals surface area contributed by atoms with Crippen LogP contribution in [0.5, 0.6) is 0 Å². The molecule has 27 heavy (non-hydrogen) atoms. The van der Waals surface area contributed by atoms with Gasteiger partial charge in [0.05, 0.1) is 11.3 Å². The first kappa shape index (κ1) is 17.1. The maximum absolute atomic E-state index is 12.9. The molecule has 0 aliphatic carbocycles. The normalized spacial score (nSPS) is 10.7. The van der Waals surface area contributed by atoms with Crippen molar-refractivity contribution in [3.05, 3.63) is 76.9 Å². The Kier molecular flexibility index (Phi) is 4.52. The summed E-state index contributed by atoms with van der Waals surface area (Å²) in [6.07, 6.45) is 1.75. The van der Waals surface area contributed by atoms with Gasteiger partial charge in [0, 0.05) is 11.8 Å². The van der Waals surface area contributed by atoms with Crippen LogP contribution >= 0.6 is 11.3 Å². The molecule has 0 aliphatic heterocycles. The second-order valence-corrected chi connectivity index (χ2v) is 7.00. The van der Waals surface area contributed by atoms with Gasteiger partial charge in [-0.1, -0.05) is 41.7 Å². The van der Waals surface area contributed by atoms with Gasteiger partial charge in [-0.2, -0.15) is 5.10 Å². The molecule has 4 rings (SSSR count). The summed E-state index contributed by atoms with van der Waals surface area (Å²) in [6, 6.07) is 15.8. The van der Waals surface area contributed by atoms with Gasteiger partial charge >= 0.3 is 0 Å². The van der Waals surface area contributed by atoms with Crippen LogP contribution in [0.1, 0.15) is 21.5 Å². The van der Waals surface area contributed by atoms with Gasteiger partial charge in [-0.05, 0) is 43.2 Å². The summed E-state index contributed by atoms with van der Waals surface area (Å²) >= 11 is 1.27. The van der Waals surface area contributed by atoms with Gasteiger partial charge in [0.1, 0.15) is 11.2 Å². The van der Waals surface area contributed by atoms with Crippen molar-refractivity contribution in [1.29, 1.82) is 0 Å². The van der Waals surface area contributed by atoms with E-state index >= 15 is 0 Å². The summed E-state index contributed by atoms with van der Waals surface area (Å²) in [5.74, 6) is -0.262. The number of carbonyl (C=O) groups excluding carboxylic acids is 1. The van der Waals surface area contributed by atoms with Gasteiger partial charge in [0.2, 0.25) is 5.13 Å². The van der Waals surface area contributed by atoms with Gasteiger partial charge < -0.3 is 0 Å². The molecule has 1 amide bonds. The molecule has 0 bridgehead atoms. The van der Waals surface area contributed by atoms with Crippen LogP contribution in [0.25, 0.3) is 16.9 Å². The highest BCUT2D eigenvalue weighted by Crippen LogP contribution is 2.26. The molecule has 2 aromatic carbocycles. The number of hydrogen-bond acceptors (Lipinski definition) is 5. The lowest BCUT2D eigenvalue weighted by Crippen LogP contribution is -2.12. The lowest BCUT2D eigenvalue weighted by molar-refractivity contribution is 0.102. The third-order valence-corrected chi connectivity index (χ3v) is 4.95. The highest BCUT2D eigenvalue weighted by Gasteiger charge is 2.20. The molecule has 1 N–H and O–H groups in total. The Morgan fingerprint density at radius 3 is 2.59 bits per heavy atom. The van der Waals surface area contributed by atoms with Crippen LogP contribution in [0.3, 0.4) is 0 Å². The number of rotatable bonds is 4. The average Bonchev–Trinajstić information content (AvgIpc) is 3.34. The number of anilines is 1. The van der Waals surface area contributed by atoms with Gasteiger partial charge in [-0.3, -0.25) is 10.1 Å². The summed E-state index contributed by atoms with van der Waals surface area (Å²) in [5.41, 5.74) is 6.82. The second kappa shape index (κ2) is 7.13. The smallest absolute Gasteiger partial charge is 0.261 e. The molecule has 0 saturated heterocycles. The summed E-state index contributed by atoms with van der Waals surface area (Å²) < 4.78 is 1.72. The number of nitrogens with one attached hydrogen (secondary N) is 1. The molecule has 7 heteroatoms. The third kappa shape index (κ3) is 3.50. The highest BCUT2D eigenvalue weighted by molar-refractivity contribution is 7.13. The molecule has 0 aliphatic rings. The van der Waals surface area contributed by atoms with E-state index in [-0.39, 0.29) is 5.91 Å². The van der Waals surface area contributed by atoms with E-state index in [0.717, 1.165) is 16.8 Å². The van der Waals surface area contributed by atoms with Crippen LogP contribution in [0, 0.1) is 13.8 Å². The Hall–Kier alpha value is -3.32. The average molecular weight is 375 g/mol. The minimum absolute atomic E-state index is 0.262. The molecule has 2 aromatic heterocycles. The van der Waals surface area contributed by atoms with E-state index < -0.39 is 0 Å². The van der Waals surface area contributed by atoms with Crippen molar-refractivity contribution < 1.29 is 4.79 Å². The largest absolute Gasteiger partial charge is 0.296 e. The summed E-state index contributed by atoms with van der Waals surface area (Å²) in [4.78, 5) is 12.9. The van der Waals surface area contributed by atoms with Crippen LogP contribution in [-0.2, 0) is 0 Å². The first-order valence-corrected chi connectivity index (χ1v) is 9.30. The molecule has 0 unspecified atom stereocenters. The Balaban J connectivity index is 1.81. The van der Waals surface area contributed by atoms with E-state index in [1.807, 2.05) is 49.4 Å². The van der Waals surface area contributed by atoms with Crippen molar-refractivity contribution >= 4 is 22.4 Å². The predicted molar refractivity (Wildman–Crippen MR) is 106 cm³/mol. The molecule has 6 nitrogen and oxygen atoms in total.